The van der Waals surface area contributed by atoms with Gasteiger partial charge in [-0.05, 0) is 12.8 Å². The smallest absolute Gasteiger partial charge is 0.233 e. The molecule has 18 heavy (non-hydrogen) atoms. The summed E-state index contributed by atoms with van der Waals surface area (Å²) in [4.78, 5) is 21.5. The van der Waals surface area contributed by atoms with Gasteiger partial charge in [0.05, 0.1) is 0 Å². The third-order valence-electron chi connectivity index (χ3n) is 2.38. The average molecular weight is 303 g/mol. The van der Waals surface area contributed by atoms with Crippen molar-refractivity contribution in [3.8, 4) is 0 Å². The molecule has 0 unspecified atom stereocenters. The van der Waals surface area contributed by atoms with Crippen LogP contribution in [0, 0.1) is 0 Å². The Balaban J connectivity index is -0.00000112. The molecule has 0 saturated carbocycles. The lowest BCUT2D eigenvalue weighted by Gasteiger charge is -2.01. The van der Waals surface area contributed by atoms with Crippen molar-refractivity contribution < 1.29 is 9.59 Å². The van der Waals surface area contributed by atoms with Crippen molar-refractivity contribution in [1.29, 1.82) is 0 Å². The van der Waals surface area contributed by atoms with Crippen molar-refractivity contribution in [2.45, 2.75) is 51.4 Å². The topological polar surface area (TPSA) is 110 Å². The van der Waals surface area contributed by atoms with Crippen LogP contribution in [-0.4, -0.2) is 11.8 Å². The van der Waals surface area contributed by atoms with E-state index in [2.05, 4.69) is 10.9 Å². The van der Waals surface area contributed by atoms with Crippen LogP contribution in [-0.2, 0) is 9.59 Å². The molecule has 0 spiro atoms. The Morgan fingerprint density at radius 1 is 0.667 bits per heavy atom. The monoisotopic (exact) mass is 302 g/mol. The van der Waals surface area contributed by atoms with Crippen LogP contribution in [0.15, 0.2) is 0 Å². The van der Waals surface area contributed by atoms with Gasteiger partial charge >= 0.3 is 0 Å². The number of amides is 2. The van der Waals surface area contributed by atoms with Gasteiger partial charge in [-0.3, -0.25) is 20.4 Å². The fraction of sp³-hybridized carbons (Fsp3) is 0.800. The molecule has 110 valence electrons. The number of hydrogen-bond acceptors (Lipinski definition) is 4. The number of carbonyl (C=O) groups is 2. The number of unbranched alkanes of at least 4 members (excludes halogenated alkanes) is 5. The fourth-order valence-corrected chi connectivity index (χ4v) is 1.42. The molecule has 6 nitrogen and oxygen atoms in total. The first-order valence-corrected chi connectivity index (χ1v) is 5.69. The van der Waals surface area contributed by atoms with Crippen LogP contribution in [0.2, 0.25) is 0 Å². The minimum atomic E-state index is -0.111. The number of rotatable bonds is 9. The van der Waals surface area contributed by atoms with Crippen molar-refractivity contribution in [1.82, 2.24) is 10.9 Å². The Morgan fingerprint density at radius 2 is 0.944 bits per heavy atom. The SMILES string of the molecule is Cl.Cl.NNC(=O)CCCCCCCCC(=O)NN. The van der Waals surface area contributed by atoms with Gasteiger partial charge < -0.3 is 0 Å². The highest BCUT2D eigenvalue weighted by Crippen LogP contribution is 2.08. The van der Waals surface area contributed by atoms with Crippen LogP contribution in [0.5, 0.6) is 0 Å². The van der Waals surface area contributed by atoms with Crippen molar-refractivity contribution in [3.05, 3.63) is 0 Å². The quantitative estimate of drug-likeness (QED) is 0.220. The minimum absolute atomic E-state index is 0. The Labute approximate surface area is 120 Å². The zero-order valence-electron chi connectivity index (χ0n) is 10.4. The Morgan fingerprint density at radius 3 is 1.22 bits per heavy atom. The predicted molar refractivity (Wildman–Crippen MR) is 76.1 cm³/mol. The van der Waals surface area contributed by atoms with Crippen molar-refractivity contribution in [3.63, 3.8) is 0 Å². The summed E-state index contributed by atoms with van der Waals surface area (Å²) >= 11 is 0. The summed E-state index contributed by atoms with van der Waals surface area (Å²) in [5.41, 5.74) is 4.20. The molecule has 0 atom stereocenters. The van der Waals surface area contributed by atoms with Gasteiger partial charge in [0.1, 0.15) is 0 Å². The zero-order valence-corrected chi connectivity index (χ0v) is 12.1. The lowest BCUT2D eigenvalue weighted by Crippen LogP contribution is -2.29. The van der Waals surface area contributed by atoms with Gasteiger partial charge in [-0.2, -0.15) is 0 Å². The lowest BCUT2D eigenvalue weighted by molar-refractivity contribution is -0.122. The number of nitrogens with one attached hydrogen (secondary N) is 2. The summed E-state index contributed by atoms with van der Waals surface area (Å²) < 4.78 is 0. The van der Waals surface area contributed by atoms with Crippen molar-refractivity contribution in [2.24, 2.45) is 11.7 Å². The molecule has 0 aromatic carbocycles. The van der Waals surface area contributed by atoms with E-state index >= 15 is 0 Å². The van der Waals surface area contributed by atoms with Gasteiger partial charge in [-0.1, -0.05) is 25.7 Å². The van der Waals surface area contributed by atoms with E-state index in [4.69, 9.17) is 11.7 Å². The Kier molecular flexibility index (Phi) is 20.6. The van der Waals surface area contributed by atoms with E-state index in [-0.39, 0.29) is 36.6 Å². The van der Waals surface area contributed by atoms with Crippen LogP contribution in [0.4, 0.5) is 0 Å². The number of nitrogens with two attached hydrogens (primary N) is 2. The van der Waals surface area contributed by atoms with E-state index in [0.29, 0.717) is 12.8 Å². The van der Waals surface area contributed by atoms with E-state index in [1.165, 1.54) is 0 Å². The second-order valence-corrected chi connectivity index (χ2v) is 3.76. The molecule has 8 heteroatoms. The first kappa shape index (κ1) is 22.6. The highest BCUT2D eigenvalue weighted by molar-refractivity contribution is 5.85. The lowest BCUT2D eigenvalue weighted by atomic mass is 10.1. The third-order valence-corrected chi connectivity index (χ3v) is 2.38. The minimum Gasteiger partial charge on any atom is -0.294 e. The number of carbonyl (C=O) groups excluding carboxylic acids is 2. The largest absolute Gasteiger partial charge is 0.294 e. The van der Waals surface area contributed by atoms with Crippen LogP contribution >= 0.6 is 24.8 Å². The summed E-state index contributed by atoms with van der Waals surface area (Å²) in [6, 6.07) is 0. The highest BCUT2D eigenvalue weighted by atomic mass is 35.5. The van der Waals surface area contributed by atoms with Crippen molar-refractivity contribution >= 4 is 36.6 Å². The maximum Gasteiger partial charge on any atom is 0.233 e. The van der Waals surface area contributed by atoms with E-state index in [9.17, 15) is 9.59 Å². The van der Waals surface area contributed by atoms with Crippen LogP contribution in [0.25, 0.3) is 0 Å². The second-order valence-electron chi connectivity index (χ2n) is 3.76. The molecule has 0 saturated heterocycles. The molecule has 0 radical (unpaired) electrons. The number of hydrogen-bond donors (Lipinski definition) is 4. The summed E-state index contributed by atoms with van der Waals surface area (Å²) in [6.07, 6.45) is 6.94. The van der Waals surface area contributed by atoms with Crippen LogP contribution in [0.3, 0.4) is 0 Å². The van der Waals surface area contributed by atoms with Crippen molar-refractivity contribution in [2.75, 3.05) is 0 Å². The Bertz CT molecular complexity index is 196. The molecular weight excluding hydrogens is 279 g/mol. The molecule has 0 heterocycles. The molecule has 6 N–H and O–H groups in total. The first-order valence-electron chi connectivity index (χ1n) is 5.69. The summed E-state index contributed by atoms with van der Waals surface area (Å²) in [7, 11) is 0. The standard InChI is InChI=1S/C10H22N4O2.2ClH/c11-13-9(15)7-5-3-1-2-4-6-8-10(16)14-12;;/h1-8,11-12H2,(H,13,15)(H,14,16);2*1H. The van der Waals surface area contributed by atoms with Gasteiger partial charge in [-0.15, -0.1) is 24.8 Å². The molecule has 0 rings (SSSR count). The van der Waals surface area contributed by atoms with E-state index in [1.807, 2.05) is 0 Å². The van der Waals surface area contributed by atoms with Gasteiger partial charge in [-0.25, -0.2) is 11.7 Å². The summed E-state index contributed by atoms with van der Waals surface area (Å²) in [5, 5.41) is 0. The Hall–Kier alpha value is -0.560. The van der Waals surface area contributed by atoms with E-state index in [1.54, 1.807) is 0 Å². The maximum atomic E-state index is 10.8. The van der Waals surface area contributed by atoms with Crippen LogP contribution < -0.4 is 22.5 Å². The van der Waals surface area contributed by atoms with Gasteiger partial charge in [0.15, 0.2) is 0 Å². The molecule has 2 amide bonds. The third kappa shape index (κ3) is 15.4. The molecule has 0 aromatic heterocycles. The van der Waals surface area contributed by atoms with Gasteiger partial charge in [0.2, 0.25) is 11.8 Å². The second kappa shape index (κ2) is 16.4. The molecular formula is C10H24Cl2N4O2. The zero-order chi connectivity index (χ0) is 12.2. The molecule has 0 bridgehead atoms. The van der Waals surface area contributed by atoms with Gasteiger partial charge in [0, 0.05) is 12.8 Å². The molecule has 0 aliphatic rings. The molecule has 0 aliphatic heterocycles. The van der Waals surface area contributed by atoms with E-state index in [0.717, 1.165) is 38.5 Å². The number of hydrazine groups is 2. The van der Waals surface area contributed by atoms with Crippen LogP contribution in [0.1, 0.15) is 51.4 Å². The summed E-state index contributed by atoms with van der Waals surface area (Å²) in [5.74, 6) is 9.67. The van der Waals surface area contributed by atoms with Gasteiger partial charge in [0.25, 0.3) is 0 Å². The fourth-order valence-electron chi connectivity index (χ4n) is 1.42. The maximum absolute atomic E-state index is 10.8. The number of halogens is 2. The molecule has 0 aromatic rings. The normalized spacial score (nSPS) is 8.78. The first-order chi connectivity index (χ1) is 7.70. The summed E-state index contributed by atoms with van der Waals surface area (Å²) in [6.45, 7) is 0. The molecule has 0 aliphatic carbocycles. The average Bonchev–Trinajstić information content (AvgIpc) is 2.31. The van der Waals surface area contributed by atoms with E-state index < -0.39 is 0 Å². The highest BCUT2D eigenvalue weighted by Gasteiger charge is 1.99. The predicted octanol–water partition coefficient (Wildman–Crippen LogP) is 0.931. The molecule has 0 fully saturated rings.